The van der Waals surface area contributed by atoms with E-state index in [0.29, 0.717) is 29.7 Å². The van der Waals surface area contributed by atoms with Crippen LogP contribution in [0.1, 0.15) is 39.2 Å². The first kappa shape index (κ1) is 22.7. The zero-order valence-electron chi connectivity index (χ0n) is 17.5. The Morgan fingerprint density at radius 3 is 2.30 bits per heavy atom. The molecular weight excluding hydrogens is 426 g/mol. The Labute approximate surface area is 187 Å². The van der Waals surface area contributed by atoms with Crippen LogP contribution < -0.4 is 4.90 Å². The second-order valence-corrected chi connectivity index (χ2v) is 9.37. The normalized spacial score (nSPS) is 15.2. The molecule has 2 aromatic carbocycles. The van der Waals surface area contributed by atoms with Gasteiger partial charge in [0.1, 0.15) is 11.4 Å². The van der Waals surface area contributed by atoms with Gasteiger partial charge in [-0.25, -0.2) is 9.18 Å². The molecule has 2 aromatic rings. The van der Waals surface area contributed by atoms with E-state index in [1.807, 2.05) is 32.9 Å². The maximum absolute atomic E-state index is 13.5. The van der Waals surface area contributed by atoms with E-state index in [-0.39, 0.29) is 18.0 Å². The Morgan fingerprint density at radius 1 is 1.10 bits per heavy atom. The predicted molar refractivity (Wildman–Crippen MR) is 120 cm³/mol. The number of carbonyl (C=O) groups is 1. The lowest BCUT2D eigenvalue weighted by molar-refractivity contribution is 0.0204. The fourth-order valence-corrected chi connectivity index (χ4v) is 3.91. The summed E-state index contributed by atoms with van der Waals surface area (Å²) in [6.07, 6.45) is 1.30. The second kappa shape index (κ2) is 9.44. The highest BCUT2D eigenvalue weighted by molar-refractivity contribution is 6.42. The van der Waals surface area contributed by atoms with Crippen LogP contribution in [0.2, 0.25) is 10.0 Å². The van der Waals surface area contributed by atoms with Crippen LogP contribution in [0.15, 0.2) is 42.5 Å². The van der Waals surface area contributed by atoms with Crippen molar-refractivity contribution in [3.05, 3.63) is 63.9 Å². The van der Waals surface area contributed by atoms with Gasteiger partial charge in [-0.1, -0.05) is 29.3 Å². The number of benzene rings is 2. The number of hydrogen-bond donors (Lipinski definition) is 0. The molecule has 1 aliphatic rings. The maximum atomic E-state index is 13.5. The molecule has 0 unspecified atom stereocenters. The molecule has 0 bridgehead atoms. The third-order valence-electron chi connectivity index (χ3n) is 5.05. The lowest BCUT2D eigenvalue weighted by Crippen LogP contribution is -2.48. The van der Waals surface area contributed by atoms with E-state index >= 15 is 0 Å². The highest BCUT2D eigenvalue weighted by atomic mass is 35.5. The van der Waals surface area contributed by atoms with Crippen LogP contribution in [0, 0.1) is 5.82 Å². The van der Waals surface area contributed by atoms with Gasteiger partial charge in [0, 0.05) is 31.4 Å². The van der Waals surface area contributed by atoms with Gasteiger partial charge in [0.05, 0.1) is 10.0 Å². The summed E-state index contributed by atoms with van der Waals surface area (Å²) in [6, 6.07) is 12.3. The topological polar surface area (TPSA) is 32.8 Å². The molecule has 3 rings (SSSR count). The average molecular weight is 453 g/mol. The summed E-state index contributed by atoms with van der Waals surface area (Å²) in [7, 11) is 0. The van der Waals surface area contributed by atoms with E-state index in [1.54, 1.807) is 23.1 Å². The molecular formula is C23H27Cl2FN2O2. The molecule has 162 valence electrons. The number of amides is 1. The molecule has 0 aliphatic carbocycles. The van der Waals surface area contributed by atoms with Crippen LogP contribution in [0.5, 0.6) is 0 Å². The van der Waals surface area contributed by atoms with Gasteiger partial charge in [0.2, 0.25) is 0 Å². The largest absolute Gasteiger partial charge is 0.444 e. The molecule has 1 saturated heterocycles. The number of ether oxygens (including phenoxy) is 1. The van der Waals surface area contributed by atoms with E-state index in [9.17, 15) is 9.18 Å². The summed E-state index contributed by atoms with van der Waals surface area (Å²) in [6.45, 7) is 7.43. The first-order valence-corrected chi connectivity index (χ1v) is 10.8. The zero-order chi connectivity index (χ0) is 21.9. The Kier molecular flexibility index (Phi) is 7.14. The SMILES string of the molecule is CC(C)(C)OC(=O)N1CCC(N(Cc2ccc(Cl)c(Cl)c2)c2ccc(F)cc2)CC1. The molecule has 0 spiro atoms. The van der Waals surface area contributed by atoms with Gasteiger partial charge < -0.3 is 14.5 Å². The molecule has 30 heavy (non-hydrogen) atoms. The quantitative estimate of drug-likeness (QED) is 0.527. The van der Waals surface area contributed by atoms with Gasteiger partial charge in [-0.3, -0.25) is 0 Å². The van der Waals surface area contributed by atoms with Crippen molar-refractivity contribution in [1.82, 2.24) is 4.90 Å². The second-order valence-electron chi connectivity index (χ2n) is 8.55. The first-order chi connectivity index (χ1) is 14.1. The first-order valence-electron chi connectivity index (χ1n) is 10.1. The van der Waals surface area contributed by atoms with Crippen LogP contribution in [-0.2, 0) is 11.3 Å². The Balaban J connectivity index is 1.75. The Hall–Kier alpha value is -1.98. The molecule has 0 aromatic heterocycles. The molecule has 1 aliphatic heterocycles. The third-order valence-corrected chi connectivity index (χ3v) is 5.79. The number of hydrogen-bond acceptors (Lipinski definition) is 3. The van der Waals surface area contributed by atoms with Crippen molar-refractivity contribution < 1.29 is 13.9 Å². The summed E-state index contributed by atoms with van der Waals surface area (Å²) in [5.74, 6) is -0.270. The van der Waals surface area contributed by atoms with Gasteiger partial charge in [-0.15, -0.1) is 0 Å². The van der Waals surface area contributed by atoms with E-state index in [4.69, 9.17) is 27.9 Å². The van der Waals surface area contributed by atoms with Gasteiger partial charge >= 0.3 is 6.09 Å². The van der Waals surface area contributed by atoms with Crippen molar-refractivity contribution in [2.24, 2.45) is 0 Å². The molecule has 0 atom stereocenters. The molecule has 1 amide bonds. The minimum Gasteiger partial charge on any atom is -0.444 e. The molecule has 7 heteroatoms. The third kappa shape index (κ3) is 6.02. The number of nitrogens with zero attached hydrogens (tertiary/aromatic N) is 2. The summed E-state index contributed by atoms with van der Waals surface area (Å²) in [5, 5.41) is 1.02. The van der Waals surface area contributed by atoms with Crippen LogP contribution in [0.4, 0.5) is 14.9 Å². The van der Waals surface area contributed by atoms with E-state index in [1.165, 1.54) is 12.1 Å². The molecule has 1 fully saturated rings. The number of halogens is 3. The molecule has 0 radical (unpaired) electrons. The van der Waals surface area contributed by atoms with Crippen molar-refractivity contribution in [2.75, 3.05) is 18.0 Å². The molecule has 1 heterocycles. The van der Waals surface area contributed by atoms with E-state index in [0.717, 1.165) is 24.1 Å². The minimum absolute atomic E-state index is 0.198. The highest BCUT2D eigenvalue weighted by Crippen LogP contribution is 2.29. The summed E-state index contributed by atoms with van der Waals surface area (Å²) in [4.78, 5) is 16.4. The summed E-state index contributed by atoms with van der Waals surface area (Å²) in [5.41, 5.74) is 1.43. The van der Waals surface area contributed by atoms with Crippen molar-refractivity contribution >= 4 is 35.0 Å². The number of rotatable bonds is 4. The van der Waals surface area contributed by atoms with Crippen molar-refractivity contribution in [1.29, 1.82) is 0 Å². The van der Waals surface area contributed by atoms with Crippen LogP contribution in [0.3, 0.4) is 0 Å². The highest BCUT2D eigenvalue weighted by Gasteiger charge is 2.30. The van der Waals surface area contributed by atoms with Gasteiger partial charge in [0.25, 0.3) is 0 Å². The average Bonchev–Trinajstić information content (AvgIpc) is 2.68. The standard InChI is InChI=1S/C23H27Cl2FN2O2/c1-23(2,3)30-22(29)27-12-10-19(11-13-27)28(18-7-5-17(26)6-8-18)15-16-4-9-20(24)21(25)14-16/h4-9,14,19H,10-13,15H2,1-3H3. The zero-order valence-corrected chi connectivity index (χ0v) is 19.0. The maximum Gasteiger partial charge on any atom is 0.410 e. The molecule has 4 nitrogen and oxygen atoms in total. The predicted octanol–water partition coefficient (Wildman–Crippen LogP) is 6.54. The van der Waals surface area contributed by atoms with Crippen molar-refractivity contribution in [3.63, 3.8) is 0 Å². The molecule has 0 saturated carbocycles. The fourth-order valence-electron chi connectivity index (χ4n) is 3.59. The lowest BCUT2D eigenvalue weighted by Gasteiger charge is -2.40. The monoisotopic (exact) mass is 452 g/mol. The number of anilines is 1. The number of piperidine rings is 1. The van der Waals surface area contributed by atoms with Gasteiger partial charge in [0.15, 0.2) is 0 Å². The van der Waals surface area contributed by atoms with Gasteiger partial charge in [-0.2, -0.15) is 0 Å². The van der Waals surface area contributed by atoms with E-state index in [2.05, 4.69) is 4.90 Å². The minimum atomic E-state index is -0.512. The fraction of sp³-hybridized carbons (Fsp3) is 0.435. The summed E-state index contributed by atoms with van der Waals surface area (Å²) < 4.78 is 19.0. The Bertz CT molecular complexity index is 876. The van der Waals surface area contributed by atoms with Gasteiger partial charge in [-0.05, 0) is 75.6 Å². The molecule has 0 N–H and O–H groups in total. The number of carbonyl (C=O) groups excluding carboxylic acids is 1. The lowest BCUT2D eigenvalue weighted by atomic mass is 10.0. The smallest absolute Gasteiger partial charge is 0.410 e. The number of likely N-dealkylation sites (tertiary alicyclic amines) is 1. The van der Waals surface area contributed by atoms with E-state index < -0.39 is 5.60 Å². The van der Waals surface area contributed by atoms with Crippen LogP contribution >= 0.6 is 23.2 Å². The summed E-state index contributed by atoms with van der Waals surface area (Å²) >= 11 is 12.3. The van der Waals surface area contributed by atoms with Crippen LogP contribution in [0.25, 0.3) is 0 Å². The Morgan fingerprint density at radius 2 is 1.73 bits per heavy atom. The van der Waals surface area contributed by atoms with Crippen molar-refractivity contribution in [2.45, 2.75) is 51.8 Å². The van der Waals surface area contributed by atoms with Crippen molar-refractivity contribution in [3.8, 4) is 0 Å². The van der Waals surface area contributed by atoms with Crippen LogP contribution in [-0.4, -0.2) is 35.7 Å².